The molecule has 29 nitrogen and oxygen atoms in total. The zero-order chi connectivity index (χ0) is 65.1. The van der Waals surface area contributed by atoms with E-state index in [1.807, 2.05) is 0 Å². The molecule has 488 valence electrons. The number of amides is 10. The Bertz CT molecular complexity index is 2520. The van der Waals surface area contributed by atoms with E-state index in [1.54, 1.807) is 58.0 Å². The average molecular weight is 1260 g/mol. The molecule has 2 fully saturated rings. The monoisotopic (exact) mass is 1260 g/mol. The fourth-order valence-corrected chi connectivity index (χ4v) is 10.4. The van der Waals surface area contributed by atoms with E-state index in [1.165, 1.54) is 16.7 Å². The molecule has 10 amide bonds. The van der Waals surface area contributed by atoms with E-state index in [4.69, 9.17) is 22.9 Å². The number of carbonyl (C=O) groups is 11. The zero-order valence-corrected chi connectivity index (χ0v) is 52.1. The highest BCUT2D eigenvalue weighted by atomic mass is 32.1. The number of rotatable bonds is 37. The van der Waals surface area contributed by atoms with Gasteiger partial charge in [0.2, 0.25) is 59.1 Å². The van der Waals surface area contributed by atoms with Gasteiger partial charge in [-0.15, -0.1) is 0 Å². The van der Waals surface area contributed by atoms with Gasteiger partial charge in [-0.3, -0.25) is 52.9 Å². The number of nitrogens with one attached hydrogen (secondary N) is 8. The first-order chi connectivity index (χ1) is 41.3. The molecule has 31 heteroatoms. The molecule has 0 unspecified atom stereocenters. The van der Waals surface area contributed by atoms with Gasteiger partial charge >= 0.3 is 5.97 Å². The van der Waals surface area contributed by atoms with Gasteiger partial charge in [-0.05, 0) is 88.7 Å². The quantitative estimate of drug-likeness (QED) is 0.0131. The summed E-state index contributed by atoms with van der Waals surface area (Å²) in [5.41, 5.74) is 23.0. The van der Waals surface area contributed by atoms with Crippen LogP contribution in [0.4, 0.5) is 0 Å². The molecule has 0 bridgehead atoms. The SMILES string of the molecule is CC[C@H](C)[C@H](NC(=O)[C@@H]1CCCN1C(=O)[C@@H]1CCCN1C(=O)[C@@H](NC(=O)[C@H](CO)NC(=O)[C@H](CCCCN)NC(=O)[C@@H](NC(=O)[C@H](CS)NC(=O)[C@@H](N)CCCN=C(N)N)[C@@H](C)O)[C@@H](C)CC)C(=O)N[C@@H](CS)C(=O)N[C@@H](Cc1ccccc1)C(=O)O. The Morgan fingerprint density at radius 2 is 1.13 bits per heavy atom. The third kappa shape index (κ3) is 23.0. The second kappa shape index (κ2) is 37.8. The molecule has 1 aromatic carbocycles. The first-order valence-electron chi connectivity index (χ1n) is 29.6. The standard InChI is InChI=1S/C56H93N15O14S2/c1-6-30(3)42(51(80)66-38(28-86)48(77)63-36(55(84)85)26-33-16-9-8-10-17-33)67-50(79)40-20-14-24-70(40)53(82)41-21-15-25-71(41)54(83)43(31(4)7-2)68-47(76)37(27-72)64-46(75)35(19-11-12-22-57)62-52(81)44(32(5)73)69-49(78)39(29-87)65-45(74)34(58)18-13-23-61-56(59)60/h8-10,16-17,30-32,34-44,72-73,86-87H,6-7,11-15,18-29,57-58H2,1-5H3,(H,62,81)(H,63,77)(H,64,75)(H,65,74)(H,66,80)(H,67,79)(H,68,76)(H,69,78)(H,84,85)(H4,59,60,61)/t30-,31-,32+,34-,35-,36-,37-,38-,39-,40-,41-,42-,43-,44-/m0/s1. The number of aliphatic hydroxyl groups excluding tert-OH is 2. The Balaban J connectivity index is 1.75. The zero-order valence-electron chi connectivity index (χ0n) is 50.3. The maximum absolute atomic E-state index is 14.7. The van der Waals surface area contributed by atoms with Crippen LogP contribution in [0.5, 0.6) is 0 Å². The number of aliphatic carboxylic acids is 1. The number of hydrogen-bond donors (Lipinski definition) is 17. The first kappa shape index (κ1) is 74.5. The highest BCUT2D eigenvalue weighted by molar-refractivity contribution is 7.80. The van der Waals surface area contributed by atoms with Crippen LogP contribution in [0, 0.1) is 11.8 Å². The Labute approximate surface area is 518 Å². The third-order valence-electron chi connectivity index (χ3n) is 15.5. The first-order valence-corrected chi connectivity index (χ1v) is 30.9. The summed E-state index contributed by atoms with van der Waals surface area (Å²) in [5.74, 6) is -10.8. The number of carboxylic acid groups (broad SMARTS) is 1. The van der Waals surface area contributed by atoms with E-state index in [-0.39, 0.29) is 82.2 Å². The van der Waals surface area contributed by atoms with E-state index in [9.17, 15) is 68.1 Å². The van der Waals surface area contributed by atoms with Crippen LogP contribution in [0.2, 0.25) is 0 Å². The van der Waals surface area contributed by atoms with Crippen molar-refractivity contribution in [1.82, 2.24) is 52.3 Å². The lowest BCUT2D eigenvalue weighted by Gasteiger charge is -2.35. The fraction of sp³-hybridized carbons (Fsp3) is 0.679. The van der Waals surface area contributed by atoms with Gasteiger partial charge in [0, 0.05) is 37.6 Å². The number of nitrogens with zero attached hydrogens (tertiary/aromatic N) is 3. The fourth-order valence-electron chi connectivity index (χ4n) is 9.90. The molecule has 14 atom stereocenters. The minimum absolute atomic E-state index is 0.0233. The van der Waals surface area contributed by atoms with Gasteiger partial charge in [-0.25, -0.2) is 4.79 Å². The van der Waals surface area contributed by atoms with E-state index >= 15 is 0 Å². The van der Waals surface area contributed by atoms with Gasteiger partial charge < -0.3 is 90.6 Å². The largest absolute Gasteiger partial charge is 0.480 e. The number of aliphatic imine (C=N–C) groups is 1. The van der Waals surface area contributed by atoms with Crippen LogP contribution in [0.1, 0.15) is 111 Å². The molecule has 0 radical (unpaired) electrons. The van der Waals surface area contributed by atoms with Crippen LogP contribution in [0.15, 0.2) is 35.3 Å². The van der Waals surface area contributed by atoms with Crippen molar-refractivity contribution >= 4 is 96.3 Å². The normalized spacial score (nSPS) is 18.9. The molecular formula is C56H93N15O14S2. The summed E-state index contributed by atoms with van der Waals surface area (Å²) >= 11 is 8.41. The maximum Gasteiger partial charge on any atom is 0.326 e. The highest BCUT2D eigenvalue weighted by Crippen LogP contribution is 2.27. The lowest BCUT2D eigenvalue weighted by atomic mass is 9.96. The van der Waals surface area contributed by atoms with Crippen molar-refractivity contribution in [2.75, 3.05) is 44.3 Å². The predicted octanol–water partition coefficient (Wildman–Crippen LogP) is -3.99. The Kier molecular flexibility index (Phi) is 32.3. The second-order valence-electron chi connectivity index (χ2n) is 22.1. The number of carbonyl (C=O) groups excluding carboxylic acids is 10. The summed E-state index contributed by atoms with van der Waals surface area (Å²) in [6, 6.07) is -5.70. The van der Waals surface area contributed by atoms with E-state index in [2.05, 4.69) is 72.8 Å². The van der Waals surface area contributed by atoms with Crippen molar-refractivity contribution in [3.8, 4) is 0 Å². The number of nitrogens with two attached hydrogens (primary N) is 4. The van der Waals surface area contributed by atoms with Crippen LogP contribution in [0.25, 0.3) is 0 Å². The number of benzene rings is 1. The average Bonchev–Trinajstić information content (AvgIpc) is 2.09. The Hall–Kier alpha value is -6.80. The maximum atomic E-state index is 14.7. The summed E-state index contributed by atoms with van der Waals surface area (Å²) in [4.78, 5) is 158. The number of unbranched alkanes of at least 4 members (excludes halogenated alkanes) is 1. The number of carboxylic acids is 1. The number of aliphatic hydroxyl groups is 2. The van der Waals surface area contributed by atoms with Crippen molar-refractivity contribution in [3.63, 3.8) is 0 Å². The minimum atomic E-state index is -1.69. The second-order valence-corrected chi connectivity index (χ2v) is 22.8. The molecule has 19 N–H and O–H groups in total. The number of hydrogen-bond acceptors (Lipinski definition) is 18. The van der Waals surface area contributed by atoms with Crippen molar-refractivity contribution < 1.29 is 68.1 Å². The molecule has 0 saturated carbocycles. The van der Waals surface area contributed by atoms with Gasteiger partial charge in [-0.1, -0.05) is 70.9 Å². The van der Waals surface area contributed by atoms with Crippen molar-refractivity contribution in [1.29, 1.82) is 0 Å². The van der Waals surface area contributed by atoms with Crippen LogP contribution < -0.4 is 65.5 Å². The van der Waals surface area contributed by atoms with Crippen molar-refractivity contribution in [3.05, 3.63) is 35.9 Å². The minimum Gasteiger partial charge on any atom is -0.480 e. The van der Waals surface area contributed by atoms with Crippen LogP contribution in [-0.4, -0.2) is 213 Å². The van der Waals surface area contributed by atoms with E-state index in [0.29, 0.717) is 44.1 Å². The van der Waals surface area contributed by atoms with Gasteiger partial charge in [-0.2, -0.15) is 25.3 Å². The van der Waals surface area contributed by atoms with Crippen molar-refractivity contribution in [2.45, 2.75) is 184 Å². The smallest absolute Gasteiger partial charge is 0.326 e. The van der Waals surface area contributed by atoms with Gasteiger partial charge in [0.15, 0.2) is 5.96 Å². The number of thiol groups is 2. The number of guanidine groups is 1. The van der Waals surface area contributed by atoms with Gasteiger partial charge in [0.25, 0.3) is 0 Å². The molecule has 3 rings (SSSR count). The molecule has 2 saturated heterocycles. The Morgan fingerprint density at radius 1 is 0.621 bits per heavy atom. The van der Waals surface area contributed by atoms with E-state index < -0.39 is 156 Å². The van der Waals surface area contributed by atoms with Gasteiger partial charge in [0.05, 0.1) is 18.8 Å². The predicted molar refractivity (Wildman–Crippen MR) is 329 cm³/mol. The highest BCUT2D eigenvalue weighted by Gasteiger charge is 2.46. The lowest BCUT2D eigenvalue weighted by Crippen LogP contribution is -2.62. The molecule has 0 aromatic heterocycles. The van der Waals surface area contributed by atoms with Crippen LogP contribution >= 0.6 is 25.3 Å². The molecule has 2 heterocycles. The van der Waals surface area contributed by atoms with Crippen LogP contribution in [-0.2, 0) is 59.2 Å². The number of likely N-dealkylation sites (tertiary alicyclic amines) is 2. The summed E-state index contributed by atoms with van der Waals surface area (Å²) in [7, 11) is 0. The molecule has 2 aliphatic heterocycles. The summed E-state index contributed by atoms with van der Waals surface area (Å²) in [5, 5.41) is 51.4. The summed E-state index contributed by atoms with van der Waals surface area (Å²) in [6.07, 6.45) is 1.57. The lowest BCUT2D eigenvalue weighted by molar-refractivity contribution is -0.149. The topological polar surface area (TPSA) is 468 Å². The molecule has 0 spiro atoms. The molecule has 1 aromatic rings. The Morgan fingerprint density at radius 3 is 1.69 bits per heavy atom. The van der Waals surface area contributed by atoms with Crippen molar-refractivity contribution in [2.24, 2.45) is 39.8 Å². The summed E-state index contributed by atoms with van der Waals surface area (Å²) < 4.78 is 0. The molecule has 87 heavy (non-hydrogen) atoms. The third-order valence-corrected chi connectivity index (χ3v) is 16.3. The molecule has 0 aliphatic carbocycles. The van der Waals surface area contributed by atoms with Gasteiger partial charge in [0.1, 0.15) is 60.4 Å². The van der Waals surface area contributed by atoms with Crippen LogP contribution in [0.3, 0.4) is 0 Å². The molecular weight excluding hydrogens is 1170 g/mol. The summed E-state index contributed by atoms with van der Waals surface area (Å²) in [6.45, 7) is 7.90. The van der Waals surface area contributed by atoms with E-state index in [0.717, 1.165) is 0 Å². The molecule has 2 aliphatic rings.